The van der Waals surface area contributed by atoms with Crippen LogP contribution in [0.1, 0.15) is 15.9 Å². The molecule has 0 N–H and O–H groups in total. The van der Waals surface area contributed by atoms with Gasteiger partial charge in [-0.25, -0.2) is 0 Å². The summed E-state index contributed by atoms with van der Waals surface area (Å²) in [5, 5.41) is 0. The van der Waals surface area contributed by atoms with Gasteiger partial charge in [-0.3, -0.25) is 4.79 Å². The lowest BCUT2D eigenvalue weighted by Gasteiger charge is -2.28. The third-order valence-electron chi connectivity index (χ3n) is 4.37. The van der Waals surface area contributed by atoms with Crippen molar-refractivity contribution in [2.24, 2.45) is 0 Å². The Bertz CT molecular complexity index is 777. The number of morpholine rings is 1. The van der Waals surface area contributed by atoms with Crippen molar-refractivity contribution in [2.45, 2.75) is 0 Å². The first-order chi connectivity index (χ1) is 12.7. The molecule has 136 valence electrons. The summed E-state index contributed by atoms with van der Waals surface area (Å²) in [6.45, 7) is 3.34. The zero-order valence-corrected chi connectivity index (χ0v) is 15.1. The molecule has 1 saturated heterocycles. The van der Waals surface area contributed by atoms with Gasteiger partial charge < -0.3 is 19.1 Å². The second kappa shape index (κ2) is 8.54. The predicted octanol–water partition coefficient (Wildman–Crippen LogP) is 3.44. The number of anilines is 1. The van der Waals surface area contributed by atoms with Crippen molar-refractivity contribution in [3.8, 4) is 11.5 Å². The maximum Gasteiger partial charge on any atom is 0.189 e. The molecule has 1 heterocycles. The lowest BCUT2D eigenvalue weighted by atomic mass is 10.1. The normalized spacial score (nSPS) is 14.5. The van der Waals surface area contributed by atoms with Gasteiger partial charge in [-0.15, -0.1) is 0 Å². The second-order valence-electron chi connectivity index (χ2n) is 5.95. The van der Waals surface area contributed by atoms with E-state index in [1.54, 1.807) is 38.5 Å². The Labute approximate surface area is 153 Å². The first kappa shape index (κ1) is 18.0. The van der Waals surface area contributed by atoms with Crippen LogP contribution in [0.4, 0.5) is 5.69 Å². The number of methoxy groups -OCH3 is 2. The van der Waals surface area contributed by atoms with Crippen LogP contribution in [0, 0.1) is 0 Å². The van der Waals surface area contributed by atoms with Gasteiger partial charge in [0.05, 0.1) is 33.0 Å². The molecule has 5 heteroatoms. The average molecular weight is 353 g/mol. The molecule has 0 unspecified atom stereocenters. The molecule has 0 bridgehead atoms. The molecule has 0 atom stereocenters. The van der Waals surface area contributed by atoms with Gasteiger partial charge in [0, 0.05) is 24.8 Å². The van der Waals surface area contributed by atoms with Crippen molar-refractivity contribution < 1.29 is 19.0 Å². The summed E-state index contributed by atoms with van der Waals surface area (Å²) in [5.41, 5.74) is 2.66. The minimum atomic E-state index is -0.109. The second-order valence-corrected chi connectivity index (χ2v) is 5.95. The van der Waals surface area contributed by atoms with E-state index in [0.29, 0.717) is 17.1 Å². The number of carbonyl (C=O) groups is 1. The Morgan fingerprint density at radius 1 is 1.04 bits per heavy atom. The molecular weight excluding hydrogens is 330 g/mol. The summed E-state index contributed by atoms with van der Waals surface area (Å²) < 4.78 is 15.8. The highest BCUT2D eigenvalue weighted by molar-refractivity contribution is 6.08. The quantitative estimate of drug-likeness (QED) is 0.588. The van der Waals surface area contributed by atoms with Gasteiger partial charge in [0.25, 0.3) is 0 Å². The highest BCUT2D eigenvalue weighted by Gasteiger charge is 2.12. The summed E-state index contributed by atoms with van der Waals surface area (Å²) in [7, 11) is 3.12. The van der Waals surface area contributed by atoms with E-state index >= 15 is 0 Å². The van der Waals surface area contributed by atoms with Gasteiger partial charge in [-0.1, -0.05) is 18.2 Å². The van der Waals surface area contributed by atoms with Crippen LogP contribution in [-0.4, -0.2) is 46.3 Å². The number of carbonyl (C=O) groups excluding carboxylic acids is 1. The first-order valence-electron chi connectivity index (χ1n) is 8.58. The Morgan fingerprint density at radius 3 is 2.42 bits per heavy atom. The van der Waals surface area contributed by atoms with Crippen LogP contribution in [0.5, 0.6) is 11.5 Å². The lowest BCUT2D eigenvalue weighted by Crippen LogP contribution is -2.36. The van der Waals surface area contributed by atoms with Gasteiger partial charge in [0.2, 0.25) is 0 Å². The fourth-order valence-electron chi connectivity index (χ4n) is 2.88. The molecule has 3 rings (SSSR count). The zero-order chi connectivity index (χ0) is 18.4. The fraction of sp³-hybridized carbons (Fsp3) is 0.286. The van der Waals surface area contributed by atoms with E-state index in [1.807, 2.05) is 18.2 Å². The molecule has 0 saturated carbocycles. The summed E-state index contributed by atoms with van der Waals surface area (Å²) in [5.74, 6) is 1.05. The number of allylic oxidation sites excluding steroid dienone is 1. The molecule has 2 aromatic rings. The lowest BCUT2D eigenvalue weighted by molar-refractivity contribution is 0.104. The number of ketones is 1. The molecule has 0 aliphatic carbocycles. The number of nitrogens with zero attached hydrogens (tertiary/aromatic N) is 1. The van der Waals surface area contributed by atoms with Crippen molar-refractivity contribution in [2.75, 3.05) is 45.4 Å². The average Bonchev–Trinajstić information content (AvgIpc) is 2.72. The van der Waals surface area contributed by atoms with Gasteiger partial charge in [-0.05, 0) is 35.9 Å². The maximum atomic E-state index is 12.5. The van der Waals surface area contributed by atoms with E-state index in [2.05, 4.69) is 17.0 Å². The summed E-state index contributed by atoms with van der Waals surface area (Å²) >= 11 is 0. The van der Waals surface area contributed by atoms with Crippen LogP contribution in [-0.2, 0) is 4.74 Å². The van der Waals surface area contributed by atoms with E-state index in [-0.39, 0.29) is 5.78 Å². The van der Waals surface area contributed by atoms with Gasteiger partial charge in [0.15, 0.2) is 5.78 Å². The Kier molecular flexibility index (Phi) is 5.92. The zero-order valence-electron chi connectivity index (χ0n) is 15.1. The molecule has 0 amide bonds. The van der Waals surface area contributed by atoms with Gasteiger partial charge >= 0.3 is 0 Å². The van der Waals surface area contributed by atoms with Crippen LogP contribution in [0.25, 0.3) is 6.08 Å². The predicted molar refractivity (Wildman–Crippen MR) is 102 cm³/mol. The molecular formula is C21H23NO4. The Hall–Kier alpha value is -2.79. The van der Waals surface area contributed by atoms with Crippen molar-refractivity contribution >= 4 is 17.5 Å². The highest BCUT2D eigenvalue weighted by atomic mass is 16.5. The standard InChI is InChI=1S/C21H23NO4/c1-24-18-8-9-19(21(15-18)25-2)20(23)10-5-16-3-6-17(7-4-16)22-11-13-26-14-12-22/h3-10,15H,11-14H2,1-2H3. The summed E-state index contributed by atoms with van der Waals surface area (Å²) in [6, 6.07) is 13.3. The number of rotatable bonds is 6. The SMILES string of the molecule is COc1ccc(C(=O)C=Cc2ccc(N3CCOCC3)cc2)c(OC)c1. The minimum absolute atomic E-state index is 0.109. The monoisotopic (exact) mass is 353 g/mol. The van der Waals surface area contributed by atoms with Gasteiger partial charge in [0.1, 0.15) is 11.5 Å². The number of ether oxygens (including phenoxy) is 3. The van der Waals surface area contributed by atoms with Crippen LogP contribution < -0.4 is 14.4 Å². The van der Waals surface area contributed by atoms with Crippen molar-refractivity contribution in [3.05, 3.63) is 59.7 Å². The molecule has 1 aliphatic rings. The molecule has 2 aromatic carbocycles. The van der Waals surface area contributed by atoms with Crippen LogP contribution in [0.3, 0.4) is 0 Å². The molecule has 0 spiro atoms. The number of hydrogen-bond donors (Lipinski definition) is 0. The topological polar surface area (TPSA) is 48.0 Å². The van der Waals surface area contributed by atoms with Crippen molar-refractivity contribution in [1.29, 1.82) is 0 Å². The van der Waals surface area contributed by atoms with E-state index in [4.69, 9.17) is 14.2 Å². The van der Waals surface area contributed by atoms with E-state index in [1.165, 1.54) is 5.69 Å². The molecule has 5 nitrogen and oxygen atoms in total. The Balaban J connectivity index is 1.70. The molecule has 0 aromatic heterocycles. The van der Waals surface area contributed by atoms with Crippen molar-refractivity contribution in [3.63, 3.8) is 0 Å². The smallest absolute Gasteiger partial charge is 0.189 e. The first-order valence-corrected chi connectivity index (χ1v) is 8.58. The van der Waals surface area contributed by atoms with Crippen LogP contribution in [0.15, 0.2) is 48.5 Å². The van der Waals surface area contributed by atoms with E-state index in [0.717, 1.165) is 31.9 Å². The van der Waals surface area contributed by atoms with Crippen molar-refractivity contribution in [1.82, 2.24) is 0 Å². The largest absolute Gasteiger partial charge is 0.497 e. The van der Waals surface area contributed by atoms with Crippen LogP contribution >= 0.6 is 0 Å². The highest BCUT2D eigenvalue weighted by Crippen LogP contribution is 2.25. The van der Waals surface area contributed by atoms with E-state index < -0.39 is 0 Å². The summed E-state index contributed by atoms with van der Waals surface area (Å²) in [6.07, 6.45) is 3.38. The molecule has 26 heavy (non-hydrogen) atoms. The Morgan fingerprint density at radius 2 is 1.77 bits per heavy atom. The fourth-order valence-corrected chi connectivity index (χ4v) is 2.88. The number of hydrogen-bond acceptors (Lipinski definition) is 5. The molecule has 0 radical (unpaired) electrons. The van der Waals surface area contributed by atoms with Gasteiger partial charge in [-0.2, -0.15) is 0 Å². The number of benzene rings is 2. The third kappa shape index (κ3) is 4.24. The summed E-state index contributed by atoms with van der Waals surface area (Å²) in [4.78, 5) is 14.8. The third-order valence-corrected chi connectivity index (χ3v) is 4.37. The van der Waals surface area contributed by atoms with E-state index in [9.17, 15) is 4.79 Å². The maximum absolute atomic E-state index is 12.5. The minimum Gasteiger partial charge on any atom is -0.497 e. The van der Waals surface area contributed by atoms with Crippen LogP contribution in [0.2, 0.25) is 0 Å². The molecule has 1 aliphatic heterocycles. The molecule has 1 fully saturated rings.